The highest BCUT2D eigenvalue weighted by Gasteiger charge is 2.11. The van der Waals surface area contributed by atoms with E-state index in [0.29, 0.717) is 15.8 Å². The van der Waals surface area contributed by atoms with Crippen molar-refractivity contribution in [1.82, 2.24) is 9.55 Å². The predicted molar refractivity (Wildman–Crippen MR) is 88.0 cm³/mol. The maximum absolute atomic E-state index is 12.5. The van der Waals surface area contributed by atoms with Crippen molar-refractivity contribution < 1.29 is 0 Å². The maximum Gasteiger partial charge on any atom is 0.267 e. The molecule has 3 rings (SSSR count). The molecular formula is C12H6Br2N2OS2. The summed E-state index contributed by atoms with van der Waals surface area (Å²) < 4.78 is 3.59. The van der Waals surface area contributed by atoms with Gasteiger partial charge in [-0.1, -0.05) is 15.9 Å². The predicted octanol–water partition coefficient (Wildman–Crippen LogP) is 4.63. The van der Waals surface area contributed by atoms with E-state index in [0.717, 1.165) is 13.8 Å². The van der Waals surface area contributed by atoms with Crippen molar-refractivity contribution in [1.29, 1.82) is 0 Å². The van der Waals surface area contributed by atoms with E-state index in [9.17, 15) is 4.79 Å². The van der Waals surface area contributed by atoms with Crippen molar-refractivity contribution >= 4 is 65.6 Å². The third-order valence-corrected chi connectivity index (χ3v) is 4.95. The van der Waals surface area contributed by atoms with Crippen LogP contribution in [0.1, 0.15) is 0 Å². The Bertz CT molecular complexity index is 895. The van der Waals surface area contributed by atoms with Gasteiger partial charge in [0.05, 0.1) is 11.1 Å². The number of H-pyrrole nitrogens is 1. The van der Waals surface area contributed by atoms with Gasteiger partial charge < -0.3 is 4.98 Å². The molecule has 0 aliphatic carbocycles. The molecule has 0 bridgehead atoms. The molecule has 0 amide bonds. The van der Waals surface area contributed by atoms with Crippen molar-refractivity contribution in [2.24, 2.45) is 0 Å². The Balaban J connectivity index is 2.46. The molecular weight excluding hydrogens is 412 g/mol. The third-order valence-electron chi connectivity index (χ3n) is 2.67. The number of aromatic amines is 1. The first kappa shape index (κ1) is 13.2. The first-order valence-electron chi connectivity index (χ1n) is 5.26. The molecule has 0 fully saturated rings. The lowest BCUT2D eigenvalue weighted by Crippen LogP contribution is -2.20. The Labute approximate surface area is 134 Å². The summed E-state index contributed by atoms with van der Waals surface area (Å²) in [4.78, 5) is 16.4. The second-order valence-electron chi connectivity index (χ2n) is 3.83. The highest BCUT2D eigenvalue weighted by Crippen LogP contribution is 2.25. The van der Waals surface area contributed by atoms with Gasteiger partial charge >= 0.3 is 0 Å². The fourth-order valence-electron chi connectivity index (χ4n) is 1.82. The van der Waals surface area contributed by atoms with E-state index >= 15 is 0 Å². The quantitative estimate of drug-likeness (QED) is 0.586. The van der Waals surface area contributed by atoms with Crippen LogP contribution in [-0.4, -0.2) is 9.55 Å². The van der Waals surface area contributed by atoms with Crippen molar-refractivity contribution in [3.05, 3.63) is 53.7 Å². The molecule has 0 aliphatic rings. The van der Waals surface area contributed by atoms with Crippen LogP contribution in [0.5, 0.6) is 0 Å². The van der Waals surface area contributed by atoms with Gasteiger partial charge in [0.1, 0.15) is 4.83 Å². The van der Waals surface area contributed by atoms with Gasteiger partial charge in [0.2, 0.25) is 0 Å². The summed E-state index contributed by atoms with van der Waals surface area (Å²) in [7, 11) is 0. The van der Waals surface area contributed by atoms with Crippen LogP contribution < -0.4 is 5.56 Å². The van der Waals surface area contributed by atoms with Gasteiger partial charge in [0.15, 0.2) is 4.77 Å². The largest absolute Gasteiger partial charge is 0.323 e. The second-order valence-corrected chi connectivity index (χ2v) is 6.90. The van der Waals surface area contributed by atoms with Gasteiger partial charge in [0, 0.05) is 8.95 Å². The topological polar surface area (TPSA) is 37.8 Å². The van der Waals surface area contributed by atoms with E-state index in [1.165, 1.54) is 15.9 Å². The number of nitrogens with zero attached hydrogens (tertiary/aromatic N) is 1. The Morgan fingerprint density at radius 1 is 1.26 bits per heavy atom. The molecule has 0 unspecified atom stereocenters. The van der Waals surface area contributed by atoms with Crippen molar-refractivity contribution in [3.63, 3.8) is 0 Å². The van der Waals surface area contributed by atoms with Crippen LogP contribution in [0, 0.1) is 4.77 Å². The number of fused-ring (bicyclic) bond motifs is 1. The second kappa shape index (κ2) is 4.97. The lowest BCUT2D eigenvalue weighted by Gasteiger charge is -2.09. The zero-order valence-electron chi connectivity index (χ0n) is 9.31. The molecule has 1 N–H and O–H groups in total. The molecule has 96 valence electrons. The van der Waals surface area contributed by atoms with Gasteiger partial charge in [-0.3, -0.25) is 9.36 Å². The normalized spacial score (nSPS) is 11.1. The zero-order valence-corrected chi connectivity index (χ0v) is 14.1. The van der Waals surface area contributed by atoms with Crippen LogP contribution in [0.4, 0.5) is 0 Å². The number of aromatic nitrogens is 2. The van der Waals surface area contributed by atoms with Gasteiger partial charge in [-0.2, -0.15) is 0 Å². The van der Waals surface area contributed by atoms with Crippen LogP contribution in [0.15, 0.2) is 43.4 Å². The van der Waals surface area contributed by atoms with Gasteiger partial charge in [0.25, 0.3) is 5.56 Å². The number of hydrogen-bond acceptors (Lipinski definition) is 3. The molecule has 2 heterocycles. The first-order valence-corrected chi connectivity index (χ1v) is 8.13. The van der Waals surface area contributed by atoms with Crippen LogP contribution in [0.25, 0.3) is 15.9 Å². The third kappa shape index (κ3) is 2.24. The number of thiophene rings is 1. The van der Waals surface area contributed by atoms with E-state index in [1.54, 1.807) is 6.07 Å². The summed E-state index contributed by atoms with van der Waals surface area (Å²) in [5, 5.41) is 2.52. The van der Waals surface area contributed by atoms with E-state index in [1.807, 2.05) is 23.6 Å². The lowest BCUT2D eigenvalue weighted by atomic mass is 10.3. The summed E-state index contributed by atoms with van der Waals surface area (Å²) in [6.45, 7) is 0. The molecule has 3 aromatic rings. The average Bonchev–Trinajstić information content (AvgIpc) is 2.82. The maximum atomic E-state index is 12.5. The molecule has 0 atom stereocenters. The van der Waals surface area contributed by atoms with Crippen LogP contribution in [0.2, 0.25) is 0 Å². The molecule has 19 heavy (non-hydrogen) atoms. The van der Waals surface area contributed by atoms with Crippen LogP contribution >= 0.6 is 55.4 Å². The summed E-state index contributed by atoms with van der Waals surface area (Å²) >= 11 is 13.6. The Morgan fingerprint density at radius 3 is 2.84 bits per heavy atom. The Hall–Kier alpha value is -0.760. The highest BCUT2D eigenvalue weighted by molar-refractivity contribution is 9.11. The van der Waals surface area contributed by atoms with Gasteiger partial charge in [-0.15, -0.1) is 11.3 Å². The van der Waals surface area contributed by atoms with E-state index in [4.69, 9.17) is 12.2 Å². The summed E-state index contributed by atoms with van der Waals surface area (Å²) in [6, 6.07) is 7.43. The van der Waals surface area contributed by atoms with Gasteiger partial charge in [-0.25, -0.2) is 0 Å². The Morgan fingerprint density at radius 2 is 2.05 bits per heavy atom. The molecule has 0 saturated carbocycles. The summed E-state index contributed by atoms with van der Waals surface area (Å²) in [5.41, 5.74) is 0.604. The zero-order chi connectivity index (χ0) is 13.6. The highest BCUT2D eigenvalue weighted by atomic mass is 79.9. The molecule has 0 aliphatic heterocycles. The molecule has 0 spiro atoms. The standard InChI is InChI=1S/C12H6Br2N2OS2/c13-6-1-2-8(14)9(5-6)16-11(17)7-3-4-19-10(7)15-12(16)18/h1-5H,(H,15,18). The van der Waals surface area contributed by atoms with E-state index < -0.39 is 0 Å². The molecule has 2 aromatic heterocycles. The SMILES string of the molecule is O=c1c2ccsc2[nH]c(=S)n1-c1cc(Br)ccc1Br. The summed E-state index contributed by atoms with van der Waals surface area (Å²) in [6.07, 6.45) is 0. The minimum atomic E-state index is -0.112. The number of halogens is 2. The van der Waals surface area contributed by atoms with Crippen molar-refractivity contribution in [2.75, 3.05) is 0 Å². The lowest BCUT2D eigenvalue weighted by molar-refractivity contribution is 0.937. The monoisotopic (exact) mass is 416 g/mol. The smallest absolute Gasteiger partial charge is 0.267 e. The molecule has 3 nitrogen and oxygen atoms in total. The number of nitrogens with one attached hydrogen (secondary N) is 1. The van der Waals surface area contributed by atoms with Crippen LogP contribution in [-0.2, 0) is 0 Å². The van der Waals surface area contributed by atoms with E-state index in [2.05, 4.69) is 36.8 Å². The van der Waals surface area contributed by atoms with Crippen molar-refractivity contribution in [2.45, 2.75) is 0 Å². The fourth-order valence-corrected chi connectivity index (χ4v) is 3.72. The van der Waals surface area contributed by atoms with Crippen LogP contribution in [0.3, 0.4) is 0 Å². The minimum Gasteiger partial charge on any atom is -0.323 e. The van der Waals surface area contributed by atoms with Crippen molar-refractivity contribution in [3.8, 4) is 5.69 Å². The molecule has 0 radical (unpaired) electrons. The number of benzene rings is 1. The molecule has 0 saturated heterocycles. The molecule has 7 heteroatoms. The minimum absolute atomic E-state index is 0.112. The molecule has 1 aromatic carbocycles. The first-order chi connectivity index (χ1) is 9.08. The Kier molecular flexibility index (Phi) is 3.46. The summed E-state index contributed by atoms with van der Waals surface area (Å²) in [5.74, 6) is 0. The average molecular weight is 418 g/mol. The van der Waals surface area contributed by atoms with E-state index in [-0.39, 0.29) is 5.56 Å². The number of hydrogen-bond donors (Lipinski definition) is 1. The number of rotatable bonds is 1. The van der Waals surface area contributed by atoms with Gasteiger partial charge in [-0.05, 0) is 57.8 Å². The fraction of sp³-hybridized carbons (Fsp3) is 0.